The smallest absolute Gasteiger partial charge is 0.183 e. The lowest BCUT2D eigenvalue weighted by Gasteiger charge is -2.24. The fourth-order valence-corrected chi connectivity index (χ4v) is 2.34. The molecule has 24 heavy (non-hydrogen) atoms. The predicted octanol–water partition coefficient (Wildman–Crippen LogP) is 2.61. The SMILES string of the molecule is CCOC1=C(OCCO)C(Nc2ccc(C(=N)N)cc2)=C(F)CC1. The number of benzene rings is 1. The van der Waals surface area contributed by atoms with E-state index in [4.69, 9.17) is 25.7 Å². The molecule has 0 heterocycles. The zero-order valence-electron chi connectivity index (χ0n) is 13.6. The molecule has 0 atom stereocenters. The van der Waals surface area contributed by atoms with Gasteiger partial charge in [-0.2, -0.15) is 0 Å². The second-order valence-corrected chi connectivity index (χ2v) is 5.15. The largest absolute Gasteiger partial charge is 0.494 e. The minimum atomic E-state index is -0.331. The van der Waals surface area contributed by atoms with Crippen molar-refractivity contribution in [3.8, 4) is 0 Å². The molecule has 1 aliphatic rings. The number of nitrogens with one attached hydrogen (secondary N) is 2. The van der Waals surface area contributed by atoms with Crippen molar-refractivity contribution in [2.45, 2.75) is 19.8 Å². The van der Waals surface area contributed by atoms with Crippen LogP contribution in [0.2, 0.25) is 0 Å². The van der Waals surface area contributed by atoms with Gasteiger partial charge in [-0.3, -0.25) is 5.41 Å². The molecule has 1 aliphatic carbocycles. The van der Waals surface area contributed by atoms with E-state index >= 15 is 0 Å². The molecule has 130 valence electrons. The van der Waals surface area contributed by atoms with Gasteiger partial charge in [0.1, 0.15) is 29.7 Å². The van der Waals surface area contributed by atoms with Crippen molar-refractivity contribution in [3.63, 3.8) is 0 Å². The Hall–Kier alpha value is -2.54. The van der Waals surface area contributed by atoms with E-state index in [-0.39, 0.29) is 42.8 Å². The topological polar surface area (TPSA) is 101 Å². The molecule has 0 saturated carbocycles. The second kappa shape index (κ2) is 8.35. The van der Waals surface area contributed by atoms with Gasteiger partial charge < -0.3 is 25.6 Å². The van der Waals surface area contributed by atoms with Crippen LogP contribution in [0.4, 0.5) is 10.1 Å². The summed E-state index contributed by atoms with van der Waals surface area (Å²) >= 11 is 0. The van der Waals surface area contributed by atoms with Crippen LogP contribution in [-0.2, 0) is 9.47 Å². The highest BCUT2D eigenvalue weighted by Gasteiger charge is 2.25. The summed E-state index contributed by atoms with van der Waals surface area (Å²) in [7, 11) is 0. The third-order valence-electron chi connectivity index (χ3n) is 3.44. The fraction of sp³-hybridized carbons (Fsp3) is 0.353. The molecule has 0 unspecified atom stereocenters. The number of anilines is 1. The molecule has 6 nitrogen and oxygen atoms in total. The van der Waals surface area contributed by atoms with Crippen molar-refractivity contribution in [1.82, 2.24) is 0 Å². The van der Waals surface area contributed by atoms with Crippen LogP contribution in [0.3, 0.4) is 0 Å². The summed E-state index contributed by atoms with van der Waals surface area (Å²) in [4.78, 5) is 0. The van der Waals surface area contributed by atoms with Crippen LogP contribution in [0.15, 0.2) is 47.3 Å². The quantitative estimate of drug-likeness (QED) is 0.432. The van der Waals surface area contributed by atoms with E-state index in [0.717, 1.165) is 0 Å². The highest BCUT2D eigenvalue weighted by atomic mass is 19.1. The molecule has 0 amide bonds. The number of amidine groups is 1. The number of hydrogen-bond acceptors (Lipinski definition) is 5. The predicted molar refractivity (Wildman–Crippen MR) is 90.1 cm³/mol. The maximum absolute atomic E-state index is 14.4. The number of nitrogen functional groups attached to an aromatic ring is 1. The first kappa shape index (κ1) is 17.8. The molecule has 0 spiro atoms. The molecular weight excluding hydrogens is 313 g/mol. The summed E-state index contributed by atoms with van der Waals surface area (Å²) in [5.41, 5.74) is 6.84. The molecule has 0 bridgehead atoms. The van der Waals surface area contributed by atoms with Crippen molar-refractivity contribution in [1.29, 1.82) is 5.41 Å². The van der Waals surface area contributed by atoms with Crippen LogP contribution in [0, 0.1) is 5.41 Å². The molecule has 1 aromatic carbocycles. The first-order valence-electron chi connectivity index (χ1n) is 7.77. The minimum absolute atomic E-state index is 0.0323. The number of rotatable bonds is 8. The Morgan fingerprint density at radius 3 is 2.58 bits per heavy atom. The number of allylic oxidation sites excluding steroid dienone is 2. The van der Waals surface area contributed by atoms with Crippen LogP contribution in [0.1, 0.15) is 25.3 Å². The Labute approximate surface area is 140 Å². The van der Waals surface area contributed by atoms with Crippen molar-refractivity contribution >= 4 is 11.5 Å². The van der Waals surface area contributed by atoms with E-state index < -0.39 is 0 Å². The molecule has 7 heteroatoms. The zero-order chi connectivity index (χ0) is 17.5. The lowest BCUT2D eigenvalue weighted by molar-refractivity contribution is 0.121. The van der Waals surface area contributed by atoms with E-state index in [1.54, 1.807) is 24.3 Å². The van der Waals surface area contributed by atoms with Crippen LogP contribution in [-0.4, -0.2) is 30.8 Å². The maximum atomic E-state index is 14.4. The molecule has 1 aromatic rings. The van der Waals surface area contributed by atoms with Gasteiger partial charge in [-0.25, -0.2) is 4.39 Å². The number of aliphatic hydroxyl groups is 1. The van der Waals surface area contributed by atoms with Crippen LogP contribution in [0.5, 0.6) is 0 Å². The molecule has 2 rings (SSSR count). The summed E-state index contributed by atoms with van der Waals surface area (Å²) in [5.74, 6) is 0.484. The Kier molecular flexibility index (Phi) is 6.20. The fourth-order valence-electron chi connectivity index (χ4n) is 2.34. The van der Waals surface area contributed by atoms with Gasteiger partial charge >= 0.3 is 0 Å². The molecule has 0 aliphatic heterocycles. The number of nitrogens with two attached hydrogens (primary N) is 1. The number of halogens is 1. The van der Waals surface area contributed by atoms with Gasteiger partial charge in [0.2, 0.25) is 0 Å². The average molecular weight is 335 g/mol. The van der Waals surface area contributed by atoms with Gasteiger partial charge in [-0.15, -0.1) is 0 Å². The van der Waals surface area contributed by atoms with E-state index in [2.05, 4.69) is 5.32 Å². The molecule has 5 N–H and O–H groups in total. The van der Waals surface area contributed by atoms with Crippen molar-refractivity contribution in [3.05, 3.63) is 52.9 Å². The number of ether oxygens (including phenoxy) is 2. The molecule has 0 saturated heterocycles. The Morgan fingerprint density at radius 1 is 1.29 bits per heavy atom. The molecule has 0 radical (unpaired) electrons. The number of aliphatic hydroxyl groups excluding tert-OH is 1. The maximum Gasteiger partial charge on any atom is 0.183 e. The summed E-state index contributed by atoms with van der Waals surface area (Å²) in [6, 6.07) is 6.76. The van der Waals surface area contributed by atoms with E-state index in [9.17, 15) is 4.39 Å². The zero-order valence-corrected chi connectivity index (χ0v) is 13.6. The van der Waals surface area contributed by atoms with Gasteiger partial charge in [0.15, 0.2) is 5.76 Å². The van der Waals surface area contributed by atoms with Gasteiger partial charge in [0.05, 0.1) is 13.2 Å². The van der Waals surface area contributed by atoms with Crippen LogP contribution >= 0.6 is 0 Å². The molecule has 0 aromatic heterocycles. The van der Waals surface area contributed by atoms with Crippen molar-refractivity contribution < 1.29 is 19.0 Å². The summed E-state index contributed by atoms with van der Waals surface area (Å²) in [6.45, 7) is 2.17. The van der Waals surface area contributed by atoms with Gasteiger partial charge in [-0.05, 0) is 31.2 Å². The Bertz CT molecular complexity index is 650. The van der Waals surface area contributed by atoms with Crippen LogP contribution in [0.25, 0.3) is 0 Å². The average Bonchev–Trinajstić information content (AvgIpc) is 2.57. The standard InChI is InChI=1S/C17H22FN3O3/c1-2-23-14-8-7-13(18)15(16(14)24-10-9-22)21-12-5-3-11(4-6-12)17(19)20/h3-6,21-22H,2,7-10H2,1H3,(H3,19,20). The van der Waals surface area contributed by atoms with Crippen molar-refractivity contribution in [2.24, 2.45) is 5.73 Å². The monoisotopic (exact) mass is 335 g/mol. The second-order valence-electron chi connectivity index (χ2n) is 5.15. The first-order chi connectivity index (χ1) is 11.6. The Balaban J connectivity index is 2.27. The molecule has 0 fully saturated rings. The van der Waals surface area contributed by atoms with E-state index in [1.165, 1.54) is 0 Å². The van der Waals surface area contributed by atoms with E-state index in [1.807, 2.05) is 6.92 Å². The third kappa shape index (κ3) is 4.26. The van der Waals surface area contributed by atoms with Crippen molar-refractivity contribution in [2.75, 3.05) is 25.1 Å². The van der Waals surface area contributed by atoms with E-state index in [0.29, 0.717) is 30.0 Å². The minimum Gasteiger partial charge on any atom is -0.494 e. The van der Waals surface area contributed by atoms with Gasteiger partial charge in [0.25, 0.3) is 0 Å². The summed E-state index contributed by atoms with van der Waals surface area (Å²) in [6.07, 6.45) is 0.629. The first-order valence-corrected chi connectivity index (χ1v) is 7.77. The highest BCUT2D eigenvalue weighted by molar-refractivity contribution is 5.95. The summed E-state index contributed by atoms with van der Waals surface area (Å²) < 4.78 is 25.4. The molecular formula is C17H22FN3O3. The third-order valence-corrected chi connectivity index (χ3v) is 3.44. The summed E-state index contributed by atoms with van der Waals surface area (Å²) in [5, 5.41) is 19.4. The number of hydrogen-bond donors (Lipinski definition) is 4. The normalized spacial score (nSPS) is 14.6. The van der Waals surface area contributed by atoms with Gasteiger partial charge in [0, 0.05) is 24.1 Å². The lowest BCUT2D eigenvalue weighted by Crippen LogP contribution is -2.17. The van der Waals surface area contributed by atoms with Crippen LogP contribution < -0.4 is 11.1 Å². The highest BCUT2D eigenvalue weighted by Crippen LogP contribution is 2.33. The lowest BCUT2D eigenvalue weighted by atomic mass is 10.1. The Morgan fingerprint density at radius 2 is 2.00 bits per heavy atom. The van der Waals surface area contributed by atoms with Gasteiger partial charge in [-0.1, -0.05) is 0 Å².